The van der Waals surface area contributed by atoms with E-state index >= 15 is 0 Å². The summed E-state index contributed by atoms with van der Waals surface area (Å²) in [4.78, 5) is 26.4. The Morgan fingerprint density at radius 1 is 1.33 bits per heavy atom. The van der Waals surface area contributed by atoms with E-state index in [1.54, 1.807) is 30.3 Å². The molecule has 1 aliphatic heterocycles. The van der Waals surface area contributed by atoms with E-state index in [4.69, 9.17) is 16.3 Å². The van der Waals surface area contributed by atoms with Crippen LogP contribution in [0.2, 0.25) is 5.02 Å². The molecule has 1 fully saturated rings. The summed E-state index contributed by atoms with van der Waals surface area (Å²) in [5, 5.41) is 9.29. The largest absolute Gasteiger partial charge is 0.486 e. The van der Waals surface area contributed by atoms with Crippen LogP contribution >= 0.6 is 39.3 Å². The Hall–Kier alpha value is -2.27. The quantitative estimate of drug-likeness (QED) is 0.426. The summed E-state index contributed by atoms with van der Waals surface area (Å²) in [6.07, 6.45) is 2.35. The Bertz CT molecular complexity index is 1060. The van der Waals surface area contributed by atoms with E-state index in [0.717, 1.165) is 17.3 Å². The molecule has 0 bridgehead atoms. The molecule has 154 valence electrons. The first-order valence-electron chi connectivity index (χ1n) is 9.22. The van der Waals surface area contributed by atoms with Gasteiger partial charge in [0, 0.05) is 11.6 Å². The Labute approximate surface area is 192 Å². The van der Waals surface area contributed by atoms with E-state index in [-0.39, 0.29) is 23.8 Å². The zero-order valence-electron chi connectivity index (χ0n) is 16.3. The SMILES string of the molecule is CC[C@@H](C)N1C(=O)S/C(=C/c2cc(Cl)c(OCc3ccccc3C#N)c(Br)c2)C1=O. The molecule has 0 N–H and O–H groups in total. The van der Waals surface area contributed by atoms with Crippen molar-refractivity contribution in [2.75, 3.05) is 0 Å². The predicted molar refractivity (Wildman–Crippen MR) is 122 cm³/mol. The summed E-state index contributed by atoms with van der Waals surface area (Å²) < 4.78 is 6.45. The van der Waals surface area contributed by atoms with Gasteiger partial charge in [-0.15, -0.1) is 0 Å². The number of carbonyl (C=O) groups is 2. The molecule has 30 heavy (non-hydrogen) atoms. The molecular formula is C22H18BrClN2O3S. The van der Waals surface area contributed by atoms with Gasteiger partial charge in [0.15, 0.2) is 5.75 Å². The van der Waals surface area contributed by atoms with E-state index in [1.807, 2.05) is 26.0 Å². The van der Waals surface area contributed by atoms with Gasteiger partial charge in [0.2, 0.25) is 0 Å². The third-order valence-electron chi connectivity index (χ3n) is 4.68. The monoisotopic (exact) mass is 504 g/mol. The molecule has 0 aromatic heterocycles. The van der Waals surface area contributed by atoms with Crippen LogP contribution in [0, 0.1) is 11.3 Å². The number of thioether (sulfide) groups is 1. The van der Waals surface area contributed by atoms with Crippen LogP contribution in [0.15, 0.2) is 45.8 Å². The van der Waals surface area contributed by atoms with Gasteiger partial charge in [0.1, 0.15) is 6.61 Å². The number of nitrogens with zero attached hydrogens (tertiary/aromatic N) is 2. The molecule has 1 aliphatic rings. The minimum absolute atomic E-state index is 0.147. The van der Waals surface area contributed by atoms with Gasteiger partial charge in [-0.3, -0.25) is 14.5 Å². The zero-order chi connectivity index (χ0) is 21.8. The lowest BCUT2D eigenvalue weighted by Crippen LogP contribution is -2.36. The van der Waals surface area contributed by atoms with Crippen molar-refractivity contribution in [2.24, 2.45) is 0 Å². The van der Waals surface area contributed by atoms with Crippen LogP contribution in [0.5, 0.6) is 5.75 Å². The summed E-state index contributed by atoms with van der Waals surface area (Å²) in [6.45, 7) is 3.97. The van der Waals surface area contributed by atoms with Crippen LogP contribution in [0.3, 0.4) is 0 Å². The molecule has 1 saturated heterocycles. The minimum Gasteiger partial charge on any atom is -0.486 e. The van der Waals surface area contributed by atoms with Crippen molar-refractivity contribution in [1.82, 2.24) is 4.90 Å². The fourth-order valence-corrected chi connectivity index (χ4v) is 4.82. The Morgan fingerprint density at radius 2 is 2.07 bits per heavy atom. The van der Waals surface area contributed by atoms with Crippen LogP contribution in [0.1, 0.15) is 37.0 Å². The lowest BCUT2D eigenvalue weighted by molar-refractivity contribution is -0.124. The standard InChI is InChI=1S/C22H18BrClN2O3S/c1-3-13(2)26-21(27)19(30-22(26)28)10-14-8-17(23)20(18(24)9-14)29-12-16-7-5-4-6-15(16)11-25/h4-10,13H,3,12H2,1-2H3/b19-10+/t13-/m1/s1. The number of carbonyl (C=O) groups excluding carboxylic acids is 2. The van der Waals surface area contributed by atoms with Crippen molar-refractivity contribution in [3.8, 4) is 11.8 Å². The first-order valence-corrected chi connectivity index (χ1v) is 11.2. The topological polar surface area (TPSA) is 70.4 Å². The second kappa shape index (κ2) is 9.69. The summed E-state index contributed by atoms with van der Waals surface area (Å²) in [5.41, 5.74) is 1.97. The van der Waals surface area contributed by atoms with Gasteiger partial charge in [-0.25, -0.2) is 0 Å². The molecular weight excluding hydrogens is 488 g/mol. The normalized spacial score (nSPS) is 16.1. The number of amides is 2. The smallest absolute Gasteiger partial charge is 0.293 e. The van der Waals surface area contributed by atoms with Gasteiger partial charge in [0.25, 0.3) is 11.1 Å². The van der Waals surface area contributed by atoms with E-state index in [1.165, 1.54) is 4.90 Å². The maximum atomic E-state index is 12.6. The first-order chi connectivity index (χ1) is 14.3. The van der Waals surface area contributed by atoms with E-state index < -0.39 is 0 Å². The Morgan fingerprint density at radius 3 is 2.73 bits per heavy atom. The highest BCUT2D eigenvalue weighted by Gasteiger charge is 2.37. The van der Waals surface area contributed by atoms with Crippen molar-refractivity contribution in [3.63, 3.8) is 0 Å². The molecule has 1 atom stereocenters. The number of rotatable bonds is 6. The first kappa shape index (κ1) is 22.4. The minimum atomic E-state index is -0.292. The van der Waals surface area contributed by atoms with Gasteiger partial charge >= 0.3 is 0 Å². The molecule has 0 aliphatic carbocycles. The maximum absolute atomic E-state index is 12.6. The predicted octanol–water partition coefficient (Wildman–Crippen LogP) is 6.39. The van der Waals surface area contributed by atoms with Crippen molar-refractivity contribution >= 4 is 56.5 Å². The number of nitriles is 1. The highest BCUT2D eigenvalue weighted by Crippen LogP contribution is 2.38. The lowest BCUT2D eigenvalue weighted by atomic mass is 10.1. The molecule has 1 heterocycles. The summed E-state index contributed by atoms with van der Waals surface area (Å²) in [6, 6.07) is 12.6. The molecule has 2 amide bonds. The maximum Gasteiger partial charge on any atom is 0.293 e. The number of halogens is 2. The molecule has 0 unspecified atom stereocenters. The number of imide groups is 1. The molecule has 5 nitrogen and oxygen atoms in total. The van der Waals surface area contributed by atoms with Gasteiger partial charge in [-0.1, -0.05) is 36.7 Å². The van der Waals surface area contributed by atoms with Gasteiger partial charge in [-0.2, -0.15) is 5.26 Å². The van der Waals surface area contributed by atoms with Crippen LogP contribution < -0.4 is 4.74 Å². The van der Waals surface area contributed by atoms with Crippen molar-refractivity contribution in [2.45, 2.75) is 32.9 Å². The van der Waals surface area contributed by atoms with Crippen molar-refractivity contribution in [1.29, 1.82) is 5.26 Å². The van der Waals surface area contributed by atoms with Crippen molar-refractivity contribution in [3.05, 3.63) is 67.5 Å². The summed E-state index contributed by atoms with van der Waals surface area (Å²) >= 11 is 10.8. The third-order valence-corrected chi connectivity index (χ3v) is 6.44. The van der Waals surface area contributed by atoms with E-state index in [9.17, 15) is 14.9 Å². The average molecular weight is 506 g/mol. The zero-order valence-corrected chi connectivity index (χ0v) is 19.5. The summed E-state index contributed by atoms with van der Waals surface area (Å²) in [7, 11) is 0. The molecule has 2 aromatic rings. The van der Waals surface area contributed by atoms with Gasteiger partial charge in [0.05, 0.1) is 26.0 Å². The fraction of sp³-hybridized carbons (Fsp3) is 0.227. The van der Waals surface area contributed by atoms with Gasteiger partial charge < -0.3 is 4.74 Å². The van der Waals surface area contributed by atoms with Crippen LogP contribution in [-0.4, -0.2) is 22.1 Å². The van der Waals surface area contributed by atoms with Crippen LogP contribution in [-0.2, 0) is 11.4 Å². The second-order valence-electron chi connectivity index (χ2n) is 6.68. The third kappa shape index (κ3) is 4.72. The number of benzene rings is 2. The van der Waals surface area contributed by atoms with Crippen LogP contribution in [0.25, 0.3) is 6.08 Å². The highest BCUT2D eigenvalue weighted by atomic mass is 79.9. The fourth-order valence-electron chi connectivity index (χ4n) is 2.90. The second-order valence-corrected chi connectivity index (χ2v) is 8.94. The van der Waals surface area contributed by atoms with Gasteiger partial charge in [-0.05, 0) is 70.9 Å². The lowest BCUT2D eigenvalue weighted by Gasteiger charge is -2.19. The molecule has 2 aromatic carbocycles. The molecule has 8 heteroatoms. The van der Waals surface area contributed by atoms with E-state index in [0.29, 0.717) is 37.7 Å². The molecule has 0 saturated carbocycles. The molecule has 0 radical (unpaired) electrons. The average Bonchev–Trinajstić information content (AvgIpc) is 3.00. The molecule has 0 spiro atoms. The Balaban J connectivity index is 1.81. The summed E-state index contributed by atoms with van der Waals surface area (Å²) in [5.74, 6) is 0.148. The highest BCUT2D eigenvalue weighted by molar-refractivity contribution is 9.10. The Kier molecular flexibility index (Phi) is 7.24. The number of hydrogen-bond acceptors (Lipinski definition) is 5. The van der Waals surface area contributed by atoms with Crippen LogP contribution in [0.4, 0.5) is 4.79 Å². The number of hydrogen-bond donors (Lipinski definition) is 0. The molecule has 3 rings (SSSR count). The number of ether oxygens (including phenoxy) is 1. The van der Waals surface area contributed by atoms with E-state index in [2.05, 4.69) is 22.0 Å². The van der Waals surface area contributed by atoms with Crippen molar-refractivity contribution < 1.29 is 14.3 Å².